The number of carboxylic acids is 1. The molecule has 1 amide bonds. The van der Waals surface area contributed by atoms with Crippen LogP contribution in [0.5, 0.6) is 0 Å². The van der Waals surface area contributed by atoms with E-state index >= 15 is 0 Å². The lowest BCUT2D eigenvalue weighted by molar-refractivity contribution is -0.133. The van der Waals surface area contributed by atoms with Crippen LogP contribution in [0, 0.1) is 5.92 Å². The summed E-state index contributed by atoms with van der Waals surface area (Å²) in [5.74, 6) is -0.954. The lowest BCUT2D eigenvalue weighted by Crippen LogP contribution is -2.49. The first-order valence-corrected chi connectivity index (χ1v) is 11.1. The Morgan fingerprint density at radius 3 is 2.33 bits per heavy atom. The normalized spacial score (nSPS) is 15.4. The van der Waals surface area contributed by atoms with E-state index in [1.807, 2.05) is 49.0 Å². The SMILES string of the molecule is CC(C(=O)N1CCC(C(=O)c2ccc3c(cnn3C)c2)CC1)N(C)c1ccc(C(=O)O)cc1. The summed E-state index contributed by atoms with van der Waals surface area (Å²) in [7, 11) is 3.70. The van der Waals surface area contributed by atoms with Gasteiger partial charge in [-0.2, -0.15) is 5.10 Å². The molecule has 0 bridgehead atoms. The van der Waals surface area contributed by atoms with E-state index in [9.17, 15) is 14.4 Å². The number of hydrogen-bond acceptors (Lipinski definition) is 5. The molecular formula is C25H28N4O4. The maximum absolute atomic E-state index is 13.1. The standard InChI is InChI=1S/C25H28N4O4/c1-16(27(2)21-7-4-18(5-8-21)25(32)33)24(31)29-12-10-17(11-13-29)23(30)19-6-9-22-20(14-19)15-26-28(22)3/h4-9,14-17H,10-13H2,1-3H3,(H,32,33). The van der Waals surface area contributed by atoms with Crippen LogP contribution in [-0.4, -0.2) is 63.6 Å². The molecule has 1 fully saturated rings. The van der Waals surface area contributed by atoms with E-state index in [2.05, 4.69) is 5.10 Å². The van der Waals surface area contributed by atoms with E-state index in [0.29, 0.717) is 31.5 Å². The highest BCUT2D eigenvalue weighted by molar-refractivity contribution is 6.01. The first kappa shape index (κ1) is 22.5. The van der Waals surface area contributed by atoms with Gasteiger partial charge in [0.2, 0.25) is 5.91 Å². The number of carbonyl (C=O) groups is 3. The second-order valence-corrected chi connectivity index (χ2v) is 8.64. The second-order valence-electron chi connectivity index (χ2n) is 8.64. The lowest BCUT2D eigenvalue weighted by Gasteiger charge is -2.36. The third-order valence-corrected chi connectivity index (χ3v) is 6.67. The molecule has 1 aromatic heterocycles. The number of likely N-dealkylation sites (N-methyl/N-ethyl adjacent to an activating group) is 1. The van der Waals surface area contributed by atoms with Crippen LogP contribution >= 0.6 is 0 Å². The number of anilines is 1. The van der Waals surface area contributed by atoms with Crippen LogP contribution in [0.15, 0.2) is 48.7 Å². The summed E-state index contributed by atoms with van der Waals surface area (Å²) in [5, 5.41) is 14.2. The number of aryl methyl sites for hydroxylation is 1. The molecule has 0 radical (unpaired) electrons. The Balaban J connectivity index is 1.36. The Kier molecular flexibility index (Phi) is 6.18. The molecule has 0 aliphatic carbocycles. The van der Waals surface area contributed by atoms with Crippen molar-refractivity contribution in [2.45, 2.75) is 25.8 Å². The lowest BCUT2D eigenvalue weighted by atomic mass is 9.88. The van der Waals surface area contributed by atoms with Gasteiger partial charge < -0.3 is 14.9 Å². The van der Waals surface area contributed by atoms with E-state index in [1.165, 1.54) is 12.1 Å². The predicted octanol–water partition coefficient (Wildman–Crippen LogP) is 3.22. The first-order valence-electron chi connectivity index (χ1n) is 11.1. The van der Waals surface area contributed by atoms with Gasteiger partial charge in [-0.3, -0.25) is 14.3 Å². The van der Waals surface area contributed by atoms with Crippen molar-refractivity contribution in [1.29, 1.82) is 0 Å². The highest BCUT2D eigenvalue weighted by Gasteiger charge is 2.31. The number of likely N-dealkylation sites (tertiary alicyclic amines) is 1. The summed E-state index contributed by atoms with van der Waals surface area (Å²) in [6, 6.07) is 11.8. The van der Waals surface area contributed by atoms with Gasteiger partial charge in [0.1, 0.15) is 6.04 Å². The minimum absolute atomic E-state index is 0.00231. The zero-order chi connectivity index (χ0) is 23.7. The molecule has 2 aromatic carbocycles. The van der Waals surface area contributed by atoms with Crippen LogP contribution in [0.3, 0.4) is 0 Å². The number of amides is 1. The third-order valence-electron chi connectivity index (χ3n) is 6.67. The maximum Gasteiger partial charge on any atom is 0.335 e. The number of carboxylic acid groups (broad SMARTS) is 1. The van der Waals surface area contributed by atoms with Crippen LogP contribution in [0.1, 0.15) is 40.5 Å². The Hall–Kier alpha value is -3.68. The fourth-order valence-electron chi connectivity index (χ4n) is 4.41. The maximum atomic E-state index is 13.1. The van der Waals surface area contributed by atoms with Crippen molar-refractivity contribution in [3.8, 4) is 0 Å². The Morgan fingerprint density at radius 2 is 1.70 bits per heavy atom. The molecule has 172 valence electrons. The fourth-order valence-corrected chi connectivity index (χ4v) is 4.41. The van der Waals surface area contributed by atoms with E-state index < -0.39 is 12.0 Å². The molecule has 1 saturated heterocycles. The first-order chi connectivity index (χ1) is 15.8. The molecule has 1 aliphatic rings. The Morgan fingerprint density at radius 1 is 1.06 bits per heavy atom. The highest BCUT2D eigenvalue weighted by atomic mass is 16.4. The van der Waals surface area contributed by atoms with Crippen molar-refractivity contribution in [2.75, 3.05) is 25.0 Å². The number of aromatic nitrogens is 2. The van der Waals surface area contributed by atoms with Gasteiger partial charge in [0.25, 0.3) is 0 Å². The molecule has 2 heterocycles. The van der Waals surface area contributed by atoms with Gasteiger partial charge in [-0.15, -0.1) is 0 Å². The van der Waals surface area contributed by atoms with Crippen LogP contribution < -0.4 is 4.90 Å². The molecule has 8 nitrogen and oxygen atoms in total. The Labute approximate surface area is 192 Å². The van der Waals surface area contributed by atoms with E-state index in [-0.39, 0.29) is 23.2 Å². The van der Waals surface area contributed by atoms with Gasteiger partial charge in [-0.25, -0.2) is 4.79 Å². The van der Waals surface area contributed by atoms with Gasteiger partial charge in [-0.1, -0.05) is 0 Å². The molecule has 0 saturated carbocycles. The van der Waals surface area contributed by atoms with Gasteiger partial charge in [0, 0.05) is 49.7 Å². The molecule has 1 unspecified atom stereocenters. The minimum Gasteiger partial charge on any atom is -0.478 e. The van der Waals surface area contributed by atoms with Gasteiger partial charge in [-0.05, 0) is 62.2 Å². The molecular weight excluding hydrogens is 420 g/mol. The largest absolute Gasteiger partial charge is 0.478 e. The number of benzene rings is 2. The summed E-state index contributed by atoms with van der Waals surface area (Å²) in [5.41, 5.74) is 2.66. The summed E-state index contributed by atoms with van der Waals surface area (Å²) < 4.78 is 1.78. The molecule has 0 spiro atoms. The average molecular weight is 449 g/mol. The van der Waals surface area contributed by atoms with E-state index in [0.717, 1.165) is 16.6 Å². The quantitative estimate of drug-likeness (QED) is 0.582. The molecule has 1 N–H and O–H groups in total. The van der Waals surface area contributed by atoms with Crippen molar-refractivity contribution < 1.29 is 19.5 Å². The second kappa shape index (κ2) is 9.05. The molecule has 4 rings (SSSR count). The summed E-state index contributed by atoms with van der Waals surface area (Å²) >= 11 is 0. The van der Waals surface area contributed by atoms with Crippen molar-refractivity contribution in [2.24, 2.45) is 13.0 Å². The topological polar surface area (TPSA) is 95.7 Å². The zero-order valence-electron chi connectivity index (χ0n) is 19.1. The molecule has 1 aliphatic heterocycles. The van der Waals surface area contributed by atoms with Crippen molar-refractivity contribution in [3.63, 3.8) is 0 Å². The van der Waals surface area contributed by atoms with Crippen LogP contribution in [-0.2, 0) is 11.8 Å². The summed E-state index contributed by atoms with van der Waals surface area (Å²) in [6.45, 7) is 2.93. The zero-order valence-corrected chi connectivity index (χ0v) is 19.1. The van der Waals surface area contributed by atoms with Gasteiger partial charge >= 0.3 is 5.97 Å². The van der Waals surface area contributed by atoms with Crippen molar-refractivity contribution >= 4 is 34.3 Å². The fraction of sp³-hybridized carbons (Fsp3) is 0.360. The number of rotatable bonds is 6. The number of fused-ring (bicyclic) bond motifs is 1. The predicted molar refractivity (Wildman–Crippen MR) is 126 cm³/mol. The number of hydrogen-bond donors (Lipinski definition) is 1. The number of aromatic carboxylic acids is 1. The van der Waals surface area contributed by atoms with E-state index in [1.54, 1.807) is 23.0 Å². The molecule has 3 aromatic rings. The number of nitrogens with zero attached hydrogens (tertiary/aromatic N) is 4. The number of carbonyl (C=O) groups excluding carboxylic acids is 2. The Bertz CT molecular complexity index is 1190. The van der Waals surface area contributed by atoms with Crippen molar-refractivity contribution in [1.82, 2.24) is 14.7 Å². The number of piperidine rings is 1. The summed E-state index contributed by atoms with van der Waals surface area (Å²) in [4.78, 5) is 40.8. The molecule has 1 atom stereocenters. The van der Waals surface area contributed by atoms with Gasteiger partial charge in [0.05, 0.1) is 17.3 Å². The number of ketones is 1. The van der Waals surface area contributed by atoms with Crippen LogP contribution in [0.25, 0.3) is 10.9 Å². The summed E-state index contributed by atoms with van der Waals surface area (Å²) in [6.07, 6.45) is 3.04. The monoisotopic (exact) mass is 448 g/mol. The molecule has 8 heteroatoms. The van der Waals surface area contributed by atoms with Crippen LogP contribution in [0.2, 0.25) is 0 Å². The number of Topliss-reactive ketones (excluding diaryl/α,β-unsaturated/α-hetero) is 1. The smallest absolute Gasteiger partial charge is 0.335 e. The highest BCUT2D eigenvalue weighted by Crippen LogP contribution is 2.25. The van der Waals surface area contributed by atoms with Crippen LogP contribution in [0.4, 0.5) is 5.69 Å². The van der Waals surface area contributed by atoms with Gasteiger partial charge in [0.15, 0.2) is 5.78 Å². The van der Waals surface area contributed by atoms with E-state index in [4.69, 9.17) is 5.11 Å². The van der Waals surface area contributed by atoms with Crippen molar-refractivity contribution in [3.05, 3.63) is 59.8 Å². The average Bonchev–Trinajstić information content (AvgIpc) is 3.22. The minimum atomic E-state index is -0.980. The molecule has 33 heavy (non-hydrogen) atoms. The third kappa shape index (κ3) is 4.46.